The lowest BCUT2D eigenvalue weighted by atomic mass is 9.86. The maximum atomic E-state index is 14.2. The summed E-state index contributed by atoms with van der Waals surface area (Å²) < 4.78 is 46.0. The maximum absolute atomic E-state index is 14.2. The predicted molar refractivity (Wildman–Crippen MR) is 94.9 cm³/mol. The third kappa shape index (κ3) is 4.07. The van der Waals surface area contributed by atoms with Gasteiger partial charge in [0.15, 0.2) is 0 Å². The van der Waals surface area contributed by atoms with Crippen LogP contribution >= 0.6 is 0 Å². The molecule has 2 fully saturated rings. The van der Waals surface area contributed by atoms with Crippen LogP contribution in [0.1, 0.15) is 43.0 Å². The number of carbonyl (C=O) groups excluding carboxylic acids is 1. The zero-order chi connectivity index (χ0) is 18.7. The molecular weight excluding hydrogens is 359 g/mol. The van der Waals surface area contributed by atoms with Crippen LogP contribution in [0.4, 0.5) is 4.39 Å². The van der Waals surface area contributed by atoms with Crippen LogP contribution in [0.25, 0.3) is 0 Å². The Morgan fingerprint density at radius 2 is 1.92 bits per heavy atom. The molecule has 1 aromatic carbocycles. The van der Waals surface area contributed by atoms with Crippen LogP contribution < -0.4 is 5.32 Å². The number of sulfonamides is 1. The van der Waals surface area contributed by atoms with Gasteiger partial charge in [0.25, 0.3) is 5.91 Å². The van der Waals surface area contributed by atoms with E-state index in [0.717, 1.165) is 37.8 Å². The minimum Gasteiger partial charge on any atom is -0.379 e. The van der Waals surface area contributed by atoms with Gasteiger partial charge in [0.1, 0.15) is 10.7 Å². The lowest BCUT2D eigenvalue weighted by Crippen LogP contribution is -2.42. The molecule has 26 heavy (non-hydrogen) atoms. The number of amides is 1. The van der Waals surface area contributed by atoms with Gasteiger partial charge in [-0.2, -0.15) is 4.31 Å². The molecule has 0 aromatic heterocycles. The Bertz CT molecular complexity index is 762. The van der Waals surface area contributed by atoms with E-state index < -0.39 is 20.7 Å². The summed E-state index contributed by atoms with van der Waals surface area (Å²) in [5.74, 6) is -0.828. The first-order valence-corrected chi connectivity index (χ1v) is 10.5. The molecule has 2 aliphatic rings. The highest BCUT2D eigenvalue weighted by Gasteiger charge is 2.30. The first-order chi connectivity index (χ1) is 12.4. The number of hydrogen-bond acceptors (Lipinski definition) is 4. The first-order valence-electron chi connectivity index (χ1n) is 9.08. The van der Waals surface area contributed by atoms with Crippen LogP contribution in [-0.4, -0.2) is 51.0 Å². The van der Waals surface area contributed by atoms with Crippen molar-refractivity contribution in [2.24, 2.45) is 5.92 Å². The van der Waals surface area contributed by atoms with Crippen molar-refractivity contribution in [2.45, 2.75) is 43.5 Å². The molecule has 1 saturated heterocycles. The molecule has 3 rings (SSSR count). The zero-order valence-corrected chi connectivity index (χ0v) is 15.7. The number of hydrogen-bond donors (Lipinski definition) is 1. The molecular formula is C18H25FN2O4S. The van der Waals surface area contributed by atoms with Gasteiger partial charge in [-0.25, -0.2) is 12.8 Å². The van der Waals surface area contributed by atoms with E-state index in [1.807, 2.05) is 0 Å². The van der Waals surface area contributed by atoms with Crippen LogP contribution in [-0.2, 0) is 14.8 Å². The van der Waals surface area contributed by atoms with Crippen molar-refractivity contribution in [3.8, 4) is 0 Å². The van der Waals surface area contributed by atoms with Gasteiger partial charge >= 0.3 is 0 Å². The highest BCUT2D eigenvalue weighted by molar-refractivity contribution is 7.89. The fourth-order valence-electron chi connectivity index (χ4n) is 3.55. The van der Waals surface area contributed by atoms with Crippen LogP contribution in [0, 0.1) is 11.7 Å². The van der Waals surface area contributed by atoms with E-state index in [2.05, 4.69) is 12.2 Å². The third-order valence-electron chi connectivity index (χ3n) is 5.21. The summed E-state index contributed by atoms with van der Waals surface area (Å²) in [6.07, 6.45) is 4.19. The Morgan fingerprint density at radius 3 is 2.62 bits per heavy atom. The summed E-state index contributed by atoms with van der Waals surface area (Å²) in [4.78, 5) is 12.1. The molecule has 0 bridgehead atoms. The number of rotatable bonds is 4. The monoisotopic (exact) mass is 384 g/mol. The molecule has 0 spiro atoms. The minimum atomic E-state index is -3.99. The molecule has 1 aliphatic heterocycles. The van der Waals surface area contributed by atoms with Crippen molar-refractivity contribution in [2.75, 3.05) is 26.3 Å². The molecule has 1 heterocycles. The summed E-state index contributed by atoms with van der Waals surface area (Å²) in [5.41, 5.74) is 0.163. The molecule has 144 valence electrons. The van der Waals surface area contributed by atoms with Crippen molar-refractivity contribution in [3.05, 3.63) is 29.6 Å². The quantitative estimate of drug-likeness (QED) is 0.863. The van der Waals surface area contributed by atoms with Crippen LogP contribution in [0.3, 0.4) is 0 Å². The largest absolute Gasteiger partial charge is 0.379 e. The highest BCUT2D eigenvalue weighted by Crippen LogP contribution is 2.25. The Balaban J connectivity index is 1.81. The average Bonchev–Trinajstić information content (AvgIpc) is 2.64. The van der Waals surface area contributed by atoms with E-state index in [4.69, 9.17) is 4.74 Å². The molecule has 6 nitrogen and oxygen atoms in total. The van der Waals surface area contributed by atoms with Crippen molar-refractivity contribution < 1.29 is 22.3 Å². The Morgan fingerprint density at radius 1 is 1.23 bits per heavy atom. The van der Waals surface area contributed by atoms with Gasteiger partial charge in [0, 0.05) is 24.7 Å². The number of halogens is 1. The fourth-order valence-corrected chi connectivity index (χ4v) is 5.05. The lowest BCUT2D eigenvalue weighted by molar-refractivity contribution is 0.0729. The molecule has 1 amide bonds. The SMILES string of the molecule is C[C@@H]1CCCC[C@H]1NC(=O)c1ccc(F)c(S(=O)(=O)N2CCOCC2)c1. The smallest absolute Gasteiger partial charge is 0.251 e. The van der Waals surface area contributed by atoms with Crippen molar-refractivity contribution in [3.63, 3.8) is 0 Å². The van der Waals surface area contributed by atoms with E-state index in [9.17, 15) is 17.6 Å². The third-order valence-corrected chi connectivity index (χ3v) is 7.12. The summed E-state index contributed by atoms with van der Waals surface area (Å²) in [5, 5.41) is 2.97. The molecule has 0 unspecified atom stereocenters. The number of morpholine rings is 1. The van der Waals surface area contributed by atoms with E-state index in [0.29, 0.717) is 5.92 Å². The summed E-state index contributed by atoms with van der Waals surface area (Å²) in [7, 11) is -3.99. The number of ether oxygens (including phenoxy) is 1. The van der Waals surface area contributed by atoms with Crippen molar-refractivity contribution >= 4 is 15.9 Å². The maximum Gasteiger partial charge on any atom is 0.251 e. The summed E-state index contributed by atoms with van der Waals surface area (Å²) in [6.45, 7) is 3.01. The summed E-state index contributed by atoms with van der Waals surface area (Å²) in [6, 6.07) is 3.59. The standard InChI is InChI=1S/C18H25FN2O4S/c1-13-4-2-3-5-16(13)20-18(22)14-6-7-15(19)17(12-14)26(23,24)21-8-10-25-11-9-21/h6-7,12-13,16H,2-5,8-11H2,1H3,(H,20,22)/t13-,16-/m1/s1. The van der Waals surface area contributed by atoms with Crippen LogP contribution in [0.15, 0.2) is 23.1 Å². The van der Waals surface area contributed by atoms with Gasteiger partial charge in [0.05, 0.1) is 13.2 Å². The Hall–Kier alpha value is -1.51. The molecule has 0 radical (unpaired) electrons. The molecule has 8 heteroatoms. The molecule has 2 atom stereocenters. The molecule has 1 saturated carbocycles. The highest BCUT2D eigenvalue weighted by atomic mass is 32.2. The topological polar surface area (TPSA) is 75.7 Å². The van der Waals surface area contributed by atoms with Gasteiger partial charge in [-0.3, -0.25) is 4.79 Å². The Labute approximate surface area is 153 Å². The normalized spacial score (nSPS) is 25.0. The average molecular weight is 384 g/mol. The van der Waals surface area contributed by atoms with Crippen molar-refractivity contribution in [1.82, 2.24) is 9.62 Å². The first kappa shape index (κ1) is 19.3. The van der Waals surface area contributed by atoms with Crippen molar-refractivity contribution in [1.29, 1.82) is 0 Å². The second kappa shape index (κ2) is 8.02. The lowest BCUT2D eigenvalue weighted by Gasteiger charge is -2.29. The molecule has 1 aliphatic carbocycles. The molecule has 1 aromatic rings. The van der Waals surface area contributed by atoms with Gasteiger partial charge in [0.2, 0.25) is 10.0 Å². The second-order valence-corrected chi connectivity index (χ2v) is 8.91. The summed E-state index contributed by atoms with van der Waals surface area (Å²) >= 11 is 0. The fraction of sp³-hybridized carbons (Fsp3) is 0.611. The van der Waals surface area contributed by atoms with E-state index in [1.54, 1.807) is 0 Å². The Kier molecular flexibility index (Phi) is 5.94. The van der Waals surface area contributed by atoms with Gasteiger partial charge < -0.3 is 10.1 Å². The van der Waals surface area contributed by atoms with E-state index in [-0.39, 0.29) is 43.8 Å². The minimum absolute atomic E-state index is 0.0700. The van der Waals surface area contributed by atoms with Crippen LogP contribution in [0.5, 0.6) is 0 Å². The van der Waals surface area contributed by atoms with E-state index >= 15 is 0 Å². The van der Waals surface area contributed by atoms with Gasteiger partial charge in [-0.1, -0.05) is 19.8 Å². The number of carbonyl (C=O) groups is 1. The second-order valence-electron chi connectivity index (χ2n) is 7.00. The molecule has 1 N–H and O–H groups in total. The predicted octanol–water partition coefficient (Wildman–Crippen LogP) is 2.16. The number of nitrogens with one attached hydrogen (secondary N) is 1. The van der Waals surface area contributed by atoms with E-state index in [1.165, 1.54) is 10.4 Å². The zero-order valence-electron chi connectivity index (χ0n) is 14.9. The number of benzene rings is 1. The number of nitrogens with zero attached hydrogens (tertiary/aromatic N) is 1. The van der Waals surface area contributed by atoms with Crippen LogP contribution in [0.2, 0.25) is 0 Å². The van der Waals surface area contributed by atoms with Gasteiger partial charge in [-0.05, 0) is 37.0 Å². The van der Waals surface area contributed by atoms with Gasteiger partial charge in [-0.15, -0.1) is 0 Å².